The van der Waals surface area contributed by atoms with Crippen LogP contribution >= 0.6 is 0 Å². The number of aliphatic hydroxyl groups is 1. The van der Waals surface area contributed by atoms with E-state index in [9.17, 15) is 23.1 Å². The molecule has 1 fully saturated rings. The molecule has 24 heavy (non-hydrogen) atoms. The van der Waals surface area contributed by atoms with E-state index in [1.165, 1.54) is 4.90 Å². The summed E-state index contributed by atoms with van der Waals surface area (Å²) < 4.78 is 45.8. The molecule has 1 aliphatic rings. The summed E-state index contributed by atoms with van der Waals surface area (Å²) in [5, 5.41) is 9.60. The van der Waals surface area contributed by atoms with Crippen LogP contribution in [0, 0.1) is 23.4 Å². The van der Waals surface area contributed by atoms with Crippen molar-refractivity contribution in [2.45, 2.75) is 38.7 Å². The zero-order chi connectivity index (χ0) is 18.1. The van der Waals surface area contributed by atoms with Crippen molar-refractivity contribution < 1.29 is 27.8 Å². The minimum absolute atomic E-state index is 0.0248. The van der Waals surface area contributed by atoms with Crippen molar-refractivity contribution in [1.82, 2.24) is 4.90 Å². The Bertz CT molecular complexity index is 616. The molecule has 1 saturated heterocycles. The molecule has 7 heteroatoms. The summed E-state index contributed by atoms with van der Waals surface area (Å²) >= 11 is 0. The maximum absolute atomic E-state index is 14.0. The largest absolute Gasteiger partial charge is 0.444 e. The van der Waals surface area contributed by atoms with Gasteiger partial charge in [0.25, 0.3) is 0 Å². The van der Waals surface area contributed by atoms with E-state index in [0.29, 0.717) is 12.5 Å². The maximum Gasteiger partial charge on any atom is 0.410 e. The van der Waals surface area contributed by atoms with E-state index in [0.717, 1.165) is 6.07 Å². The Morgan fingerprint density at radius 3 is 2.46 bits per heavy atom. The Kier molecular flexibility index (Phi) is 5.42. The van der Waals surface area contributed by atoms with E-state index in [1.807, 2.05) is 0 Å². The number of amides is 1. The van der Waals surface area contributed by atoms with E-state index in [-0.39, 0.29) is 25.3 Å². The normalized spacial score (nSPS) is 21.7. The second-order valence-corrected chi connectivity index (χ2v) is 7.05. The molecule has 1 aromatic rings. The molecule has 1 aliphatic heterocycles. The van der Waals surface area contributed by atoms with Crippen molar-refractivity contribution in [3.63, 3.8) is 0 Å². The van der Waals surface area contributed by atoms with Gasteiger partial charge in [-0.2, -0.15) is 0 Å². The van der Waals surface area contributed by atoms with Crippen LogP contribution in [0.5, 0.6) is 0 Å². The van der Waals surface area contributed by atoms with Crippen molar-refractivity contribution in [2.75, 3.05) is 19.7 Å². The third kappa shape index (κ3) is 4.20. The third-order valence-electron chi connectivity index (χ3n) is 4.06. The van der Waals surface area contributed by atoms with Gasteiger partial charge in [0, 0.05) is 31.7 Å². The van der Waals surface area contributed by atoms with Gasteiger partial charge in [0.1, 0.15) is 11.4 Å². The van der Waals surface area contributed by atoms with Crippen molar-refractivity contribution in [3.05, 3.63) is 35.1 Å². The highest BCUT2D eigenvalue weighted by molar-refractivity contribution is 5.68. The predicted octanol–water partition coefficient (Wildman–Crippen LogP) is 3.44. The summed E-state index contributed by atoms with van der Waals surface area (Å²) in [4.78, 5) is 13.6. The number of carbonyl (C=O) groups excluding carboxylic acids is 1. The summed E-state index contributed by atoms with van der Waals surface area (Å²) in [5.41, 5.74) is -0.619. The lowest BCUT2D eigenvalue weighted by molar-refractivity contribution is 0.00999. The molecule has 4 nitrogen and oxygen atoms in total. The highest BCUT2D eigenvalue weighted by Gasteiger charge is 2.35. The zero-order valence-corrected chi connectivity index (χ0v) is 14.0. The van der Waals surface area contributed by atoms with Gasteiger partial charge in [0.2, 0.25) is 0 Å². The van der Waals surface area contributed by atoms with Crippen LogP contribution in [0.3, 0.4) is 0 Å². The highest BCUT2D eigenvalue weighted by atomic mass is 19.2. The van der Waals surface area contributed by atoms with E-state index < -0.39 is 41.0 Å². The van der Waals surface area contributed by atoms with Crippen LogP contribution in [0.2, 0.25) is 0 Å². The van der Waals surface area contributed by atoms with Crippen LogP contribution in [-0.2, 0) is 4.74 Å². The number of hydrogen-bond acceptors (Lipinski definition) is 3. The lowest BCUT2D eigenvalue weighted by Crippen LogP contribution is -2.46. The lowest BCUT2D eigenvalue weighted by atomic mass is 9.80. The van der Waals surface area contributed by atoms with E-state index >= 15 is 0 Å². The minimum Gasteiger partial charge on any atom is -0.444 e. The zero-order valence-electron chi connectivity index (χ0n) is 14.0. The first-order valence-electron chi connectivity index (χ1n) is 7.85. The van der Waals surface area contributed by atoms with Crippen molar-refractivity contribution >= 4 is 6.09 Å². The summed E-state index contributed by atoms with van der Waals surface area (Å²) in [6.45, 7) is 5.39. The summed E-state index contributed by atoms with van der Waals surface area (Å²) in [6.07, 6.45) is -0.183. The fourth-order valence-electron chi connectivity index (χ4n) is 2.94. The number of piperidine rings is 1. The minimum atomic E-state index is -1.25. The first kappa shape index (κ1) is 18.6. The van der Waals surface area contributed by atoms with E-state index in [2.05, 4.69) is 0 Å². The molecular weight excluding hydrogens is 323 g/mol. The Morgan fingerprint density at radius 1 is 1.25 bits per heavy atom. The molecule has 1 aromatic carbocycles. The van der Waals surface area contributed by atoms with Crippen LogP contribution < -0.4 is 0 Å². The van der Waals surface area contributed by atoms with Crippen LogP contribution in [0.25, 0.3) is 0 Å². The van der Waals surface area contributed by atoms with E-state index in [4.69, 9.17) is 4.74 Å². The van der Waals surface area contributed by atoms with Gasteiger partial charge in [-0.1, -0.05) is 0 Å². The number of carbonyl (C=O) groups is 1. The van der Waals surface area contributed by atoms with Crippen LogP contribution in [0.1, 0.15) is 38.7 Å². The van der Waals surface area contributed by atoms with Crippen molar-refractivity contribution in [2.24, 2.45) is 5.92 Å². The molecule has 1 heterocycles. The van der Waals surface area contributed by atoms with Crippen LogP contribution in [-0.4, -0.2) is 41.4 Å². The number of aliphatic hydroxyl groups excluding tert-OH is 1. The predicted molar refractivity (Wildman–Crippen MR) is 82.1 cm³/mol. The monoisotopic (exact) mass is 345 g/mol. The van der Waals surface area contributed by atoms with Crippen LogP contribution in [0.4, 0.5) is 18.0 Å². The average Bonchev–Trinajstić information content (AvgIpc) is 2.48. The molecule has 134 valence electrons. The Morgan fingerprint density at radius 2 is 1.88 bits per heavy atom. The van der Waals surface area contributed by atoms with Crippen molar-refractivity contribution in [1.29, 1.82) is 0 Å². The van der Waals surface area contributed by atoms with Crippen molar-refractivity contribution in [3.8, 4) is 0 Å². The first-order valence-corrected chi connectivity index (χ1v) is 7.85. The fourth-order valence-corrected chi connectivity index (χ4v) is 2.94. The highest BCUT2D eigenvalue weighted by Crippen LogP contribution is 2.35. The summed E-state index contributed by atoms with van der Waals surface area (Å²) in [6, 6.07) is 1.35. The van der Waals surface area contributed by atoms with E-state index in [1.54, 1.807) is 20.8 Å². The van der Waals surface area contributed by atoms with Gasteiger partial charge >= 0.3 is 6.09 Å². The smallest absolute Gasteiger partial charge is 0.410 e. The molecule has 0 saturated carbocycles. The Balaban J connectivity index is 2.16. The topological polar surface area (TPSA) is 49.8 Å². The average molecular weight is 345 g/mol. The number of ether oxygens (including phenoxy) is 1. The molecule has 0 bridgehead atoms. The number of nitrogens with zero attached hydrogens (tertiary/aromatic N) is 1. The Labute approximate surface area is 139 Å². The SMILES string of the molecule is CC(C)(C)OC(=O)N1CC[C@H](c2cc(F)c(F)cc2F)[C@@H](CO)C1. The first-order chi connectivity index (χ1) is 11.1. The molecule has 2 atom stereocenters. The summed E-state index contributed by atoms with van der Waals surface area (Å²) in [7, 11) is 0. The molecule has 0 radical (unpaired) electrons. The standard InChI is InChI=1S/C17H22F3NO3/c1-17(2,3)24-16(23)21-5-4-11(10(8-21)9-22)12-6-14(19)15(20)7-13(12)18/h6-7,10-11,22H,4-5,8-9H2,1-3H3/t10-,11+/m1/s1. The lowest BCUT2D eigenvalue weighted by Gasteiger charge is -2.38. The number of likely N-dealkylation sites (tertiary alicyclic amines) is 1. The number of benzene rings is 1. The molecule has 0 aliphatic carbocycles. The molecule has 0 unspecified atom stereocenters. The van der Waals surface area contributed by atoms with Gasteiger partial charge in [0.05, 0.1) is 0 Å². The third-order valence-corrected chi connectivity index (χ3v) is 4.06. The molecular formula is C17H22F3NO3. The molecule has 1 N–H and O–H groups in total. The van der Waals surface area contributed by atoms with Gasteiger partial charge < -0.3 is 14.7 Å². The van der Waals surface area contributed by atoms with Crippen LogP contribution in [0.15, 0.2) is 12.1 Å². The molecule has 0 aromatic heterocycles. The second-order valence-electron chi connectivity index (χ2n) is 7.05. The van der Waals surface area contributed by atoms with Gasteiger partial charge in [-0.15, -0.1) is 0 Å². The fraction of sp³-hybridized carbons (Fsp3) is 0.588. The number of halogens is 3. The Hall–Kier alpha value is -1.76. The van der Waals surface area contributed by atoms with Gasteiger partial charge in [-0.05, 0) is 44.7 Å². The number of hydrogen-bond donors (Lipinski definition) is 1. The van der Waals surface area contributed by atoms with Gasteiger partial charge in [-0.3, -0.25) is 0 Å². The second kappa shape index (κ2) is 7.01. The maximum atomic E-state index is 14.0. The van der Waals surface area contributed by atoms with Gasteiger partial charge in [-0.25, -0.2) is 18.0 Å². The molecule has 0 spiro atoms. The number of rotatable bonds is 2. The molecule has 1 amide bonds. The summed E-state index contributed by atoms with van der Waals surface area (Å²) in [5.74, 6) is -4.20. The molecule has 2 rings (SSSR count). The van der Waals surface area contributed by atoms with Gasteiger partial charge in [0.15, 0.2) is 11.6 Å². The quantitative estimate of drug-likeness (QED) is 0.836.